The Morgan fingerprint density at radius 2 is 1.89 bits per heavy atom. The number of thioether (sulfide) groups is 1. The van der Waals surface area contributed by atoms with Crippen LogP contribution >= 0.6 is 11.8 Å². The van der Waals surface area contributed by atoms with Gasteiger partial charge in [0.25, 0.3) is 0 Å². The van der Waals surface area contributed by atoms with Gasteiger partial charge in [-0.3, -0.25) is 9.69 Å². The molecule has 0 aliphatic carbocycles. The van der Waals surface area contributed by atoms with Gasteiger partial charge in [0, 0.05) is 18.0 Å². The maximum absolute atomic E-state index is 12.6. The summed E-state index contributed by atoms with van der Waals surface area (Å²) in [6.45, 7) is 0. The minimum atomic E-state index is -1.34. The molecular formula is C18H14N3O5S-. The average Bonchev–Trinajstić information content (AvgIpc) is 2.92. The third kappa shape index (κ3) is 4.26. The lowest BCUT2D eigenvalue weighted by atomic mass is 10.2. The molecule has 0 saturated carbocycles. The normalized spacial score (nSPS) is 18.5. The summed E-state index contributed by atoms with van der Waals surface area (Å²) in [5, 5.41) is 37.3. The van der Waals surface area contributed by atoms with Gasteiger partial charge in [0.1, 0.15) is 11.5 Å². The first kappa shape index (κ1) is 18.5. The number of hydrogen-bond donors (Lipinski definition) is 2. The second-order valence-electron chi connectivity index (χ2n) is 5.56. The number of amidine groups is 1. The first-order chi connectivity index (χ1) is 13.0. The Balaban J connectivity index is 1.91. The predicted octanol–water partition coefficient (Wildman–Crippen LogP) is 1.08. The molecule has 1 fully saturated rings. The van der Waals surface area contributed by atoms with E-state index in [1.54, 1.807) is 18.2 Å². The highest BCUT2D eigenvalue weighted by atomic mass is 32.2. The zero-order chi connectivity index (χ0) is 19.4. The molecular weight excluding hydrogens is 370 g/mol. The summed E-state index contributed by atoms with van der Waals surface area (Å²) < 4.78 is 0. The van der Waals surface area contributed by atoms with Gasteiger partial charge in [-0.25, -0.2) is 0 Å². The monoisotopic (exact) mass is 384 g/mol. The Hall–Kier alpha value is -3.33. The molecule has 27 heavy (non-hydrogen) atoms. The summed E-state index contributed by atoms with van der Waals surface area (Å²) in [7, 11) is 0. The fourth-order valence-corrected chi connectivity index (χ4v) is 3.47. The number of nitrogens with zero attached hydrogens (tertiary/aromatic N) is 3. The van der Waals surface area contributed by atoms with Crippen LogP contribution in [-0.4, -0.2) is 38.7 Å². The number of anilines is 1. The van der Waals surface area contributed by atoms with Crippen molar-refractivity contribution in [3.63, 3.8) is 0 Å². The van der Waals surface area contributed by atoms with E-state index in [0.717, 1.165) is 11.8 Å². The molecule has 2 N–H and O–H groups in total. The van der Waals surface area contributed by atoms with Crippen molar-refractivity contribution in [1.82, 2.24) is 0 Å². The molecule has 9 heteroatoms. The van der Waals surface area contributed by atoms with E-state index in [1.165, 1.54) is 41.4 Å². The van der Waals surface area contributed by atoms with Crippen LogP contribution in [0.25, 0.3) is 0 Å². The van der Waals surface area contributed by atoms with Crippen LogP contribution in [0.2, 0.25) is 0 Å². The van der Waals surface area contributed by atoms with Crippen LogP contribution in [-0.2, 0) is 9.59 Å². The molecule has 1 atom stereocenters. The van der Waals surface area contributed by atoms with E-state index in [-0.39, 0.29) is 16.7 Å². The number of rotatable bonds is 5. The minimum Gasteiger partial charge on any atom is -0.550 e. The highest BCUT2D eigenvalue weighted by Crippen LogP contribution is 2.34. The number of carboxylic acids is 1. The molecule has 0 radical (unpaired) electrons. The molecule has 1 heterocycles. The van der Waals surface area contributed by atoms with Crippen molar-refractivity contribution in [3.8, 4) is 11.5 Å². The molecule has 2 aromatic carbocycles. The van der Waals surface area contributed by atoms with Crippen molar-refractivity contribution in [1.29, 1.82) is 0 Å². The highest BCUT2D eigenvalue weighted by Gasteiger charge is 2.39. The van der Waals surface area contributed by atoms with E-state index < -0.39 is 23.5 Å². The average molecular weight is 384 g/mol. The summed E-state index contributed by atoms with van der Waals surface area (Å²) in [6.07, 6.45) is 0.870. The summed E-state index contributed by atoms with van der Waals surface area (Å²) >= 11 is 0.960. The molecule has 0 bridgehead atoms. The number of benzene rings is 2. The smallest absolute Gasteiger partial charge is 0.247 e. The number of amides is 1. The number of carbonyl (C=O) groups excluding carboxylic acids is 2. The third-order valence-corrected chi connectivity index (χ3v) is 4.80. The number of para-hydroxylation sites is 1. The predicted molar refractivity (Wildman–Crippen MR) is 99.7 cm³/mol. The largest absolute Gasteiger partial charge is 0.550 e. The van der Waals surface area contributed by atoms with Gasteiger partial charge in [0.05, 0.1) is 17.2 Å². The van der Waals surface area contributed by atoms with Crippen molar-refractivity contribution in [3.05, 3.63) is 54.1 Å². The maximum atomic E-state index is 12.6. The number of carboxylic acid groups (broad SMARTS) is 1. The lowest BCUT2D eigenvalue weighted by Crippen LogP contribution is -2.35. The van der Waals surface area contributed by atoms with Gasteiger partial charge in [0.15, 0.2) is 5.17 Å². The van der Waals surface area contributed by atoms with Gasteiger partial charge < -0.3 is 20.1 Å². The minimum absolute atomic E-state index is 0.0281. The van der Waals surface area contributed by atoms with E-state index in [9.17, 15) is 24.9 Å². The van der Waals surface area contributed by atoms with Crippen LogP contribution in [0.15, 0.2) is 58.7 Å². The molecule has 8 nitrogen and oxygen atoms in total. The fraction of sp³-hybridized carbons (Fsp3) is 0.111. The lowest BCUT2D eigenvalue weighted by Gasteiger charge is -2.16. The van der Waals surface area contributed by atoms with E-state index in [4.69, 9.17) is 0 Å². The standard InChI is InChI=1S/C18H15N3O5S/c22-13-7-5-12(6-8-13)21-17(26)15(9-16(24)25)27-18(21)20-19-10-11-3-1-2-4-14(11)23/h1-8,10,15,22-23H,9H2,(H,24,25)/p-1/b19-10+,20-18-/t15-/m1/s1. The van der Waals surface area contributed by atoms with E-state index in [0.29, 0.717) is 11.3 Å². The number of hydrogen-bond acceptors (Lipinski definition) is 8. The first-order valence-corrected chi connectivity index (χ1v) is 8.72. The molecule has 3 rings (SSSR count). The quantitative estimate of drug-likeness (QED) is 0.587. The van der Waals surface area contributed by atoms with Crippen molar-refractivity contribution in [2.24, 2.45) is 10.2 Å². The second-order valence-corrected chi connectivity index (χ2v) is 6.73. The van der Waals surface area contributed by atoms with Crippen LogP contribution in [0.4, 0.5) is 5.69 Å². The topological polar surface area (TPSA) is 126 Å². The van der Waals surface area contributed by atoms with Gasteiger partial charge in [-0.05, 0) is 36.4 Å². The molecule has 1 amide bonds. The number of aliphatic carboxylic acids is 1. The van der Waals surface area contributed by atoms with Crippen molar-refractivity contribution in [2.75, 3.05) is 4.90 Å². The van der Waals surface area contributed by atoms with E-state index in [1.807, 2.05) is 0 Å². The van der Waals surface area contributed by atoms with Crippen molar-refractivity contribution in [2.45, 2.75) is 11.7 Å². The zero-order valence-electron chi connectivity index (χ0n) is 13.8. The fourth-order valence-electron chi connectivity index (χ4n) is 2.39. The van der Waals surface area contributed by atoms with Gasteiger partial charge in [-0.15, -0.1) is 5.10 Å². The Labute approximate surface area is 158 Å². The molecule has 0 aromatic heterocycles. The van der Waals surface area contributed by atoms with Gasteiger partial charge >= 0.3 is 0 Å². The molecule has 1 saturated heterocycles. The van der Waals surface area contributed by atoms with Crippen LogP contribution in [0.3, 0.4) is 0 Å². The summed E-state index contributed by atoms with van der Waals surface area (Å²) in [5.41, 5.74) is 0.862. The molecule has 0 unspecified atom stereocenters. The lowest BCUT2D eigenvalue weighted by molar-refractivity contribution is -0.305. The summed E-state index contributed by atoms with van der Waals surface area (Å²) in [5.74, 6) is -1.75. The Morgan fingerprint density at radius 3 is 2.56 bits per heavy atom. The van der Waals surface area contributed by atoms with Crippen molar-refractivity contribution >= 4 is 40.7 Å². The van der Waals surface area contributed by atoms with E-state index in [2.05, 4.69) is 10.2 Å². The molecule has 1 aliphatic rings. The molecule has 138 valence electrons. The Bertz CT molecular complexity index is 927. The number of aromatic hydroxyl groups is 2. The van der Waals surface area contributed by atoms with Gasteiger partial charge in [-0.1, -0.05) is 23.9 Å². The third-order valence-electron chi connectivity index (χ3n) is 3.67. The van der Waals surface area contributed by atoms with Crippen LogP contribution in [0.1, 0.15) is 12.0 Å². The first-order valence-electron chi connectivity index (χ1n) is 7.84. The molecule has 2 aromatic rings. The second kappa shape index (κ2) is 7.92. The van der Waals surface area contributed by atoms with Crippen LogP contribution in [0.5, 0.6) is 11.5 Å². The SMILES string of the molecule is O=C([O-])C[C@H]1S/C(=N\N=C\c2ccccc2O)N(c2ccc(O)cc2)C1=O. The summed E-state index contributed by atoms with van der Waals surface area (Å²) in [6, 6.07) is 12.4. The van der Waals surface area contributed by atoms with E-state index >= 15 is 0 Å². The number of phenols is 2. The number of phenolic OH excluding ortho intramolecular Hbond substituents is 2. The molecule has 1 aliphatic heterocycles. The maximum Gasteiger partial charge on any atom is 0.247 e. The summed E-state index contributed by atoms with van der Waals surface area (Å²) in [4.78, 5) is 24.7. The van der Waals surface area contributed by atoms with Gasteiger partial charge in [-0.2, -0.15) is 5.10 Å². The van der Waals surface area contributed by atoms with Crippen LogP contribution < -0.4 is 10.0 Å². The van der Waals surface area contributed by atoms with Crippen LogP contribution in [0, 0.1) is 0 Å². The molecule has 0 spiro atoms. The Morgan fingerprint density at radius 1 is 1.19 bits per heavy atom. The number of carbonyl (C=O) groups is 2. The van der Waals surface area contributed by atoms with Crippen molar-refractivity contribution < 1.29 is 24.9 Å². The Kier molecular flexibility index (Phi) is 5.41. The zero-order valence-corrected chi connectivity index (χ0v) is 14.7. The van der Waals surface area contributed by atoms with Gasteiger partial charge in [0.2, 0.25) is 5.91 Å². The highest BCUT2D eigenvalue weighted by molar-refractivity contribution is 8.16.